The van der Waals surface area contributed by atoms with Crippen LogP contribution in [0.5, 0.6) is 0 Å². The Morgan fingerprint density at radius 3 is 2.65 bits per heavy atom. The maximum atomic E-state index is 13.1. The molecule has 0 radical (unpaired) electrons. The van der Waals surface area contributed by atoms with Gasteiger partial charge in [-0.05, 0) is 25.1 Å². The highest BCUT2D eigenvalue weighted by Gasteiger charge is 2.61. The molecule has 2 heterocycles. The Hall–Kier alpha value is -2.74. The third-order valence-electron chi connectivity index (χ3n) is 4.26. The Kier molecular flexibility index (Phi) is 4.53. The molecule has 0 aliphatic carbocycles. The first-order valence-electron chi connectivity index (χ1n) is 7.98. The van der Waals surface area contributed by atoms with Crippen LogP contribution in [0.25, 0.3) is 0 Å². The lowest BCUT2D eigenvalue weighted by Crippen LogP contribution is -2.51. The van der Waals surface area contributed by atoms with Gasteiger partial charge < -0.3 is 4.74 Å². The first-order chi connectivity index (χ1) is 12.3. The van der Waals surface area contributed by atoms with Crippen LogP contribution in [0.15, 0.2) is 29.4 Å². The summed E-state index contributed by atoms with van der Waals surface area (Å²) in [5.41, 5.74) is -1.30. The molecule has 0 bridgehead atoms. The number of benzene rings is 1. The van der Waals surface area contributed by atoms with Gasteiger partial charge in [-0.15, -0.1) is 0 Å². The fraction of sp³-hybridized carbons (Fsp3) is 0.353. The number of nitrogens with zero attached hydrogens (tertiary/aromatic N) is 3. The number of ether oxygens (including phenoxy) is 1. The van der Waals surface area contributed by atoms with Crippen LogP contribution in [0.1, 0.15) is 26.7 Å². The fourth-order valence-corrected chi connectivity index (χ4v) is 3.39. The summed E-state index contributed by atoms with van der Waals surface area (Å²) < 4.78 is 4.91. The molecule has 1 aromatic carbocycles. The summed E-state index contributed by atoms with van der Waals surface area (Å²) in [4.78, 5) is 50.8. The van der Waals surface area contributed by atoms with Gasteiger partial charge in [-0.1, -0.05) is 17.7 Å². The fourth-order valence-electron chi connectivity index (χ4n) is 3.21. The zero-order valence-corrected chi connectivity index (χ0v) is 14.9. The van der Waals surface area contributed by atoms with Gasteiger partial charge in [-0.2, -0.15) is 5.10 Å². The Labute approximate surface area is 154 Å². The van der Waals surface area contributed by atoms with E-state index in [9.17, 15) is 19.2 Å². The molecule has 1 aromatic rings. The van der Waals surface area contributed by atoms with Gasteiger partial charge in [0, 0.05) is 18.4 Å². The predicted octanol–water partition coefficient (Wildman–Crippen LogP) is 1.51. The average molecular weight is 378 g/mol. The highest BCUT2D eigenvalue weighted by Crippen LogP contribution is 2.40. The number of rotatable bonds is 3. The van der Waals surface area contributed by atoms with Crippen LogP contribution in [0.3, 0.4) is 0 Å². The molecule has 2 aliphatic heterocycles. The highest BCUT2D eigenvalue weighted by molar-refractivity contribution is 6.39. The average Bonchev–Trinajstić information content (AvgIpc) is 3.07. The van der Waals surface area contributed by atoms with Gasteiger partial charge in [0.2, 0.25) is 11.8 Å². The van der Waals surface area contributed by atoms with E-state index in [2.05, 4.69) is 5.10 Å². The number of carbonyl (C=O) groups is 4. The van der Waals surface area contributed by atoms with Crippen LogP contribution in [-0.4, -0.2) is 46.6 Å². The number of hydrazone groups is 1. The molecule has 0 aromatic heterocycles. The second-order valence-corrected chi connectivity index (χ2v) is 6.43. The molecule has 3 amide bonds. The molecule has 1 fully saturated rings. The lowest BCUT2D eigenvalue weighted by molar-refractivity contribution is -0.141. The SMILES string of the molecule is CCOC(=O)C1=NN(C(C)=O)[C@]2(CC(=O)N(c3cccc(Cl)c3)C2=O)C1. The first kappa shape index (κ1) is 18.1. The third-order valence-corrected chi connectivity index (χ3v) is 4.49. The maximum absolute atomic E-state index is 13.1. The van der Waals surface area contributed by atoms with Gasteiger partial charge >= 0.3 is 5.97 Å². The third kappa shape index (κ3) is 2.76. The summed E-state index contributed by atoms with van der Waals surface area (Å²) in [6.07, 6.45) is -0.447. The Bertz CT molecular complexity index is 853. The quantitative estimate of drug-likeness (QED) is 0.587. The van der Waals surface area contributed by atoms with E-state index in [1.807, 2.05) is 0 Å². The Morgan fingerprint density at radius 1 is 1.31 bits per heavy atom. The lowest BCUT2D eigenvalue weighted by Gasteiger charge is -2.28. The van der Waals surface area contributed by atoms with Crippen molar-refractivity contribution in [2.24, 2.45) is 5.10 Å². The van der Waals surface area contributed by atoms with E-state index in [1.165, 1.54) is 13.0 Å². The molecular weight excluding hydrogens is 362 g/mol. The number of esters is 1. The monoisotopic (exact) mass is 377 g/mol. The van der Waals surface area contributed by atoms with Gasteiger partial charge in [0.25, 0.3) is 5.91 Å². The molecule has 8 nitrogen and oxygen atoms in total. The number of hydrogen-bond acceptors (Lipinski definition) is 6. The second kappa shape index (κ2) is 6.53. The summed E-state index contributed by atoms with van der Waals surface area (Å²) in [6.45, 7) is 2.99. The molecule has 1 atom stereocenters. The molecule has 1 spiro atoms. The van der Waals surface area contributed by atoms with Crippen molar-refractivity contribution in [3.05, 3.63) is 29.3 Å². The minimum absolute atomic E-state index is 0.0591. The maximum Gasteiger partial charge on any atom is 0.354 e. The molecule has 0 saturated carbocycles. The topological polar surface area (TPSA) is 96.3 Å². The van der Waals surface area contributed by atoms with Gasteiger partial charge in [0.05, 0.1) is 18.7 Å². The molecule has 0 N–H and O–H groups in total. The zero-order chi connectivity index (χ0) is 19.1. The van der Waals surface area contributed by atoms with Crippen molar-refractivity contribution in [2.45, 2.75) is 32.2 Å². The normalized spacial score (nSPS) is 22.2. The molecule has 2 aliphatic rings. The van der Waals surface area contributed by atoms with Crippen molar-refractivity contribution >= 4 is 46.7 Å². The summed E-state index contributed by atoms with van der Waals surface area (Å²) in [7, 11) is 0. The van der Waals surface area contributed by atoms with Crippen LogP contribution in [0, 0.1) is 0 Å². The number of carbonyl (C=O) groups excluding carboxylic acids is 4. The Balaban J connectivity index is 1.99. The lowest BCUT2D eigenvalue weighted by atomic mass is 9.91. The minimum Gasteiger partial charge on any atom is -0.461 e. The van der Waals surface area contributed by atoms with E-state index >= 15 is 0 Å². The molecule has 3 rings (SSSR count). The molecular formula is C17H16ClN3O5. The zero-order valence-electron chi connectivity index (χ0n) is 14.2. The van der Waals surface area contributed by atoms with Crippen LogP contribution in [-0.2, 0) is 23.9 Å². The predicted molar refractivity (Wildman–Crippen MR) is 92.5 cm³/mol. The smallest absolute Gasteiger partial charge is 0.354 e. The number of anilines is 1. The summed E-state index contributed by atoms with van der Waals surface area (Å²) in [5.74, 6) is -2.37. The van der Waals surface area contributed by atoms with Gasteiger partial charge in [-0.25, -0.2) is 14.7 Å². The van der Waals surface area contributed by atoms with Gasteiger partial charge in [0.1, 0.15) is 5.71 Å². The van der Waals surface area contributed by atoms with E-state index in [1.54, 1.807) is 25.1 Å². The number of imide groups is 1. The summed E-state index contributed by atoms with van der Waals surface area (Å²) in [5, 5.41) is 5.26. The van der Waals surface area contributed by atoms with E-state index < -0.39 is 29.2 Å². The highest BCUT2D eigenvalue weighted by atomic mass is 35.5. The molecule has 26 heavy (non-hydrogen) atoms. The summed E-state index contributed by atoms with van der Waals surface area (Å²) in [6, 6.07) is 6.28. The number of hydrogen-bond donors (Lipinski definition) is 0. The van der Waals surface area contributed by atoms with Gasteiger partial charge in [0.15, 0.2) is 5.54 Å². The van der Waals surface area contributed by atoms with E-state index in [4.69, 9.17) is 16.3 Å². The molecule has 136 valence electrons. The minimum atomic E-state index is -1.55. The van der Waals surface area contributed by atoms with Crippen LogP contribution in [0.4, 0.5) is 5.69 Å². The first-order valence-corrected chi connectivity index (χ1v) is 8.36. The van der Waals surface area contributed by atoms with Gasteiger partial charge in [-0.3, -0.25) is 14.4 Å². The number of halogens is 1. The molecule has 9 heteroatoms. The van der Waals surface area contributed by atoms with Crippen molar-refractivity contribution in [3.63, 3.8) is 0 Å². The van der Waals surface area contributed by atoms with Crippen molar-refractivity contribution in [1.29, 1.82) is 0 Å². The Morgan fingerprint density at radius 2 is 2.04 bits per heavy atom. The van der Waals surface area contributed by atoms with E-state index in [-0.39, 0.29) is 25.2 Å². The molecule has 0 unspecified atom stereocenters. The second-order valence-electron chi connectivity index (χ2n) is 6.00. The van der Waals surface area contributed by atoms with E-state index in [0.717, 1.165) is 9.91 Å². The largest absolute Gasteiger partial charge is 0.461 e. The molecule has 1 saturated heterocycles. The summed E-state index contributed by atoms with van der Waals surface area (Å²) >= 11 is 5.95. The van der Waals surface area contributed by atoms with Crippen molar-refractivity contribution in [3.8, 4) is 0 Å². The van der Waals surface area contributed by atoms with Crippen LogP contribution in [0.2, 0.25) is 5.02 Å². The van der Waals surface area contributed by atoms with E-state index in [0.29, 0.717) is 10.7 Å². The van der Waals surface area contributed by atoms with Crippen molar-refractivity contribution < 1.29 is 23.9 Å². The van der Waals surface area contributed by atoms with Crippen LogP contribution < -0.4 is 4.90 Å². The van der Waals surface area contributed by atoms with Crippen molar-refractivity contribution in [1.82, 2.24) is 5.01 Å². The van der Waals surface area contributed by atoms with Crippen LogP contribution >= 0.6 is 11.6 Å². The standard InChI is InChI=1S/C17H16ClN3O5/c1-3-26-15(24)13-8-17(21(19-13)10(2)22)9-14(23)20(16(17)25)12-6-4-5-11(18)7-12/h4-7H,3,8-9H2,1-2H3/t17-/m0/s1. The number of amides is 3. The van der Waals surface area contributed by atoms with Crippen molar-refractivity contribution in [2.75, 3.05) is 11.5 Å².